The largest absolute Gasteiger partial charge is 0.466 e. The molecule has 0 heterocycles. The van der Waals surface area contributed by atoms with Gasteiger partial charge in [0, 0.05) is 24.8 Å². The molecular weight excluding hydrogens is 260 g/mol. The molecule has 1 aromatic carbocycles. The van der Waals surface area contributed by atoms with E-state index in [4.69, 9.17) is 22.7 Å². The van der Waals surface area contributed by atoms with Crippen LogP contribution in [0.4, 0.5) is 5.69 Å². The fraction of sp³-hybridized carbons (Fsp3) is 0.429. The first-order valence-electron chi connectivity index (χ1n) is 6.23. The second-order valence-corrected chi connectivity index (χ2v) is 4.75. The first-order valence-corrected chi connectivity index (χ1v) is 6.64. The Morgan fingerprint density at radius 1 is 1.47 bits per heavy atom. The van der Waals surface area contributed by atoms with E-state index in [1.165, 1.54) is 0 Å². The van der Waals surface area contributed by atoms with Crippen molar-refractivity contribution in [2.24, 2.45) is 5.73 Å². The number of hydrogen-bond acceptors (Lipinski definition) is 4. The monoisotopic (exact) mass is 280 g/mol. The molecule has 0 amide bonds. The molecule has 5 heteroatoms. The molecule has 0 saturated carbocycles. The molecule has 0 aromatic heterocycles. The van der Waals surface area contributed by atoms with Crippen LogP contribution in [-0.2, 0) is 9.53 Å². The van der Waals surface area contributed by atoms with Crippen molar-refractivity contribution < 1.29 is 9.53 Å². The fourth-order valence-electron chi connectivity index (χ4n) is 1.97. The normalized spacial score (nSPS) is 10.1. The van der Waals surface area contributed by atoms with Crippen LogP contribution in [0.15, 0.2) is 18.2 Å². The van der Waals surface area contributed by atoms with Crippen LogP contribution in [0.5, 0.6) is 0 Å². The van der Waals surface area contributed by atoms with E-state index in [-0.39, 0.29) is 5.97 Å². The Balaban J connectivity index is 2.84. The van der Waals surface area contributed by atoms with Gasteiger partial charge in [-0.25, -0.2) is 0 Å². The average molecular weight is 280 g/mol. The molecule has 1 rings (SSSR count). The van der Waals surface area contributed by atoms with Gasteiger partial charge in [-0.2, -0.15) is 0 Å². The molecular formula is C14H20N2O2S. The summed E-state index contributed by atoms with van der Waals surface area (Å²) in [6.45, 7) is 4.77. The van der Waals surface area contributed by atoms with Crippen LogP contribution in [-0.4, -0.2) is 31.2 Å². The Bertz CT molecular complexity index is 475. The van der Waals surface area contributed by atoms with E-state index in [2.05, 4.69) is 0 Å². The van der Waals surface area contributed by atoms with Crippen molar-refractivity contribution >= 4 is 28.9 Å². The van der Waals surface area contributed by atoms with Gasteiger partial charge in [-0.1, -0.05) is 24.4 Å². The van der Waals surface area contributed by atoms with Gasteiger partial charge in [0.05, 0.1) is 13.0 Å². The lowest BCUT2D eigenvalue weighted by atomic mass is 10.1. The van der Waals surface area contributed by atoms with E-state index in [0.717, 1.165) is 16.8 Å². The molecule has 1 aromatic rings. The van der Waals surface area contributed by atoms with Crippen molar-refractivity contribution in [2.45, 2.75) is 20.3 Å². The van der Waals surface area contributed by atoms with E-state index in [1.54, 1.807) is 6.92 Å². The number of nitrogens with zero attached hydrogens (tertiary/aromatic N) is 1. The summed E-state index contributed by atoms with van der Waals surface area (Å²) in [5.74, 6) is -0.195. The van der Waals surface area contributed by atoms with Gasteiger partial charge >= 0.3 is 5.97 Å². The highest BCUT2D eigenvalue weighted by Crippen LogP contribution is 2.24. The molecule has 0 atom stereocenters. The number of anilines is 1. The van der Waals surface area contributed by atoms with Gasteiger partial charge in [0.1, 0.15) is 4.99 Å². The molecule has 0 aliphatic heterocycles. The van der Waals surface area contributed by atoms with Crippen LogP contribution < -0.4 is 10.6 Å². The van der Waals surface area contributed by atoms with Gasteiger partial charge in [0.25, 0.3) is 0 Å². The summed E-state index contributed by atoms with van der Waals surface area (Å²) in [4.78, 5) is 13.7. The lowest BCUT2D eigenvalue weighted by Crippen LogP contribution is -2.26. The summed E-state index contributed by atoms with van der Waals surface area (Å²) in [6.07, 6.45) is 0.343. The molecule has 0 spiro atoms. The summed E-state index contributed by atoms with van der Waals surface area (Å²) in [7, 11) is 1.92. The maximum Gasteiger partial charge on any atom is 0.307 e. The molecule has 0 unspecified atom stereocenters. The lowest BCUT2D eigenvalue weighted by Gasteiger charge is -2.24. The molecule has 104 valence electrons. The predicted molar refractivity (Wildman–Crippen MR) is 81.6 cm³/mol. The van der Waals surface area contributed by atoms with Gasteiger partial charge in [0.2, 0.25) is 0 Å². The number of para-hydroxylation sites is 1. The number of hydrogen-bond donors (Lipinski definition) is 1. The van der Waals surface area contributed by atoms with Crippen LogP contribution in [0.1, 0.15) is 24.5 Å². The Labute approximate surface area is 119 Å². The number of ether oxygens (including phenoxy) is 1. The van der Waals surface area contributed by atoms with Crippen LogP contribution in [0.2, 0.25) is 0 Å². The van der Waals surface area contributed by atoms with Crippen molar-refractivity contribution in [1.82, 2.24) is 0 Å². The molecule has 0 fully saturated rings. The summed E-state index contributed by atoms with van der Waals surface area (Å²) >= 11 is 5.07. The first kappa shape index (κ1) is 15.4. The number of aryl methyl sites for hydroxylation is 1. The van der Waals surface area contributed by atoms with E-state index in [9.17, 15) is 4.79 Å². The van der Waals surface area contributed by atoms with Gasteiger partial charge in [-0.05, 0) is 25.5 Å². The Morgan fingerprint density at radius 3 is 2.74 bits per heavy atom. The zero-order valence-corrected chi connectivity index (χ0v) is 12.4. The van der Waals surface area contributed by atoms with Crippen molar-refractivity contribution in [3.05, 3.63) is 29.3 Å². The zero-order valence-electron chi connectivity index (χ0n) is 11.6. The number of thiocarbonyl (C=S) groups is 1. The minimum atomic E-state index is -0.195. The summed E-state index contributed by atoms with van der Waals surface area (Å²) in [6, 6.07) is 5.82. The molecule has 19 heavy (non-hydrogen) atoms. The molecule has 4 nitrogen and oxygen atoms in total. The fourth-order valence-corrected chi connectivity index (χ4v) is 2.13. The number of rotatable bonds is 6. The predicted octanol–water partition coefficient (Wildman–Crippen LogP) is 2.02. The number of esters is 1. The van der Waals surface area contributed by atoms with Crippen molar-refractivity contribution in [3.8, 4) is 0 Å². The standard InChI is InChI=1S/C14H20N2O2S/c1-4-18-12(17)8-9-16(3)13-10(2)6-5-7-11(13)14(15)19/h5-7H,4,8-9H2,1-3H3,(H2,15,19). The van der Waals surface area contributed by atoms with E-state index < -0.39 is 0 Å². The van der Waals surface area contributed by atoms with Crippen molar-refractivity contribution in [2.75, 3.05) is 25.1 Å². The third-order valence-corrected chi connectivity index (χ3v) is 3.06. The number of benzene rings is 1. The van der Waals surface area contributed by atoms with Gasteiger partial charge in [-0.15, -0.1) is 0 Å². The molecule has 0 aliphatic carbocycles. The summed E-state index contributed by atoms with van der Waals surface area (Å²) in [5, 5.41) is 0. The lowest BCUT2D eigenvalue weighted by molar-refractivity contribution is -0.142. The van der Waals surface area contributed by atoms with Crippen LogP contribution in [0, 0.1) is 6.92 Å². The Hall–Kier alpha value is -1.62. The highest BCUT2D eigenvalue weighted by molar-refractivity contribution is 7.80. The second kappa shape index (κ2) is 7.09. The van der Waals surface area contributed by atoms with E-state index in [1.807, 2.05) is 37.1 Å². The van der Waals surface area contributed by atoms with E-state index in [0.29, 0.717) is 24.6 Å². The third kappa shape index (κ3) is 4.21. The summed E-state index contributed by atoms with van der Waals surface area (Å²) < 4.78 is 4.92. The maximum atomic E-state index is 11.4. The third-order valence-electron chi connectivity index (χ3n) is 2.84. The van der Waals surface area contributed by atoms with Gasteiger partial charge in [-0.3, -0.25) is 4.79 Å². The van der Waals surface area contributed by atoms with Gasteiger partial charge in [0.15, 0.2) is 0 Å². The highest BCUT2D eigenvalue weighted by Gasteiger charge is 2.13. The average Bonchev–Trinajstić information content (AvgIpc) is 2.36. The minimum Gasteiger partial charge on any atom is -0.466 e. The van der Waals surface area contributed by atoms with Crippen LogP contribution in [0.25, 0.3) is 0 Å². The van der Waals surface area contributed by atoms with Crippen molar-refractivity contribution in [3.63, 3.8) is 0 Å². The minimum absolute atomic E-state index is 0.195. The maximum absolute atomic E-state index is 11.4. The molecule has 0 aliphatic rings. The quantitative estimate of drug-likeness (QED) is 0.638. The van der Waals surface area contributed by atoms with E-state index >= 15 is 0 Å². The number of carbonyl (C=O) groups is 1. The molecule has 0 radical (unpaired) electrons. The Morgan fingerprint density at radius 2 is 2.16 bits per heavy atom. The first-order chi connectivity index (χ1) is 8.97. The zero-order chi connectivity index (χ0) is 14.4. The SMILES string of the molecule is CCOC(=O)CCN(C)c1c(C)cccc1C(N)=S. The highest BCUT2D eigenvalue weighted by atomic mass is 32.1. The molecule has 2 N–H and O–H groups in total. The van der Waals surface area contributed by atoms with Crippen LogP contribution >= 0.6 is 12.2 Å². The Kier molecular flexibility index (Phi) is 5.76. The smallest absolute Gasteiger partial charge is 0.307 e. The summed E-state index contributed by atoms with van der Waals surface area (Å²) in [5.41, 5.74) is 8.62. The second-order valence-electron chi connectivity index (χ2n) is 4.31. The molecule has 0 saturated heterocycles. The number of carbonyl (C=O) groups excluding carboxylic acids is 1. The molecule has 0 bridgehead atoms. The topological polar surface area (TPSA) is 55.6 Å². The number of nitrogens with two attached hydrogens (primary N) is 1. The van der Waals surface area contributed by atoms with Crippen LogP contribution in [0.3, 0.4) is 0 Å². The van der Waals surface area contributed by atoms with Crippen molar-refractivity contribution in [1.29, 1.82) is 0 Å². The van der Waals surface area contributed by atoms with Gasteiger partial charge < -0.3 is 15.4 Å².